The highest BCUT2D eigenvalue weighted by molar-refractivity contribution is 5.86. The maximum atomic E-state index is 11.3. The van der Waals surface area contributed by atoms with Crippen LogP contribution in [0.1, 0.15) is 41.4 Å². The van der Waals surface area contributed by atoms with Gasteiger partial charge in [-0.25, -0.2) is 9.78 Å². The van der Waals surface area contributed by atoms with Gasteiger partial charge in [0, 0.05) is 6.08 Å². The van der Waals surface area contributed by atoms with E-state index in [-0.39, 0.29) is 12.0 Å². The highest BCUT2D eigenvalue weighted by atomic mass is 16.5. The number of carbonyl (C=O) groups excluding carboxylic acids is 1. The van der Waals surface area contributed by atoms with Gasteiger partial charge < -0.3 is 4.74 Å². The number of likely N-dealkylation sites (tertiary alicyclic amines) is 1. The lowest BCUT2D eigenvalue weighted by atomic mass is 10.0. The maximum Gasteiger partial charge on any atom is 0.330 e. The molecule has 1 fully saturated rings. The summed E-state index contributed by atoms with van der Waals surface area (Å²) in [6.45, 7) is 4.36. The lowest BCUT2D eigenvalue weighted by Gasteiger charge is -2.25. The van der Waals surface area contributed by atoms with Crippen LogP contribution in [0.2, 0.25) is 0 Å². The third-order valence-corrected chi connectivity index (χ3v) is 4.79. The summed E-state index contributed by atoms with van der Waals surface area (Å²) in [4.78, 5) is 18.4. The molecule has 0 saturated carbocycles. The van der Waals surface area contributed by atoms with Crippen molar-refractivity contribution in [2.24, 2.45) is 0 Å². The largest absolute Gasteiger partial charge is 0.466 e. The molecule has 2 aromatic rings. The molecule has 1 saturated heterocycles. The number of carbonyl (C=O) groups is 1. The molecule has 1 aromatic carbocycles. The second kappa shape index (κ2) is 9.28. The number of hydrogen-bond acceptors (Lipinski definition) is 4. The van der Waals surface area contributed by atoms with Crippen molar-refractivity contribution in [2.45, 2.75) is 25.8 Å². The minimum atomic E-state index is -0.383. The molecule has 3 rings (SSSR count). The fourth-order valence-electron chi connectivity index (χ4n) is 3.29. The Morgan fingerprint density at radius 3 is 2.41 bits per heavy atom. The van der Waals surface area contributed by atoms with Gasteiger partial charge in [-0.15, -0.1) is 0 Å². The number of benzene rings is 1. The molecule has 27 heavy (non-hydrogen) atoms. The van der Waals surface area contributed by atoms with Gasteiger partial charge in [-0.05, 0) is 62.7 Å². The third kappa shape index (κ3) is 5.38. The first-order valence-corrected chi connectivity index (χ1v) is 9.37. The zero-order valence-corrected chi connectivity index (χ0v) is 16.0. The molecule has 0 N–H and O–H groups in total. The average molecular weight is 362 g/mol. The van der Waals surface area contributed by atoms with Gasteiger partial charge in [-0.3, -0.25) is 4.90 Å². The van der Waals surface area contributed by atoms with Crippen LogP contribution in [0, 0.1) is 6.92 Å². The van der Waals surface area contributed by atoms with E-state index in [1.807, 2.05) is 18.2 Å². The summed E-state index contributed by atoms with van der Waals surface area (Å²) in [5, 5.41) is 0. The van der Waals surface area contributed by atoms with Gasteiger partial charge >= 0.3 is 5.97 Å². The summed E-state index contributed by atoms with van der Waals surface area (Å²) in [7, 11) is 1.36. The molecule has 2 heterocycles. The molecular weight excluding hydrogens is 336 g/mol. The van der Waals surface area contributed by atoms with E-state index in [1.165, 1.54) is 37.2 Å². The normalized spacial score (nSPS) is 16.2. The molecule has 0 amide bonds. The summed E-state index contributed by atoms with van der Waals surface area (Å²) in [5.41, 5.74) is 4.18. The van der Waals surface area contributed by atoms with E-state index in [1.54, 1.807) is 6.08 Å². The lowest BCUT2D eigenvalue weighted by Crippen LogP contribution is -2.24. The SMILES string of the molecule is COC(=O)/C=C/c1cccc(/C=C/C(c2ccc(C)cc2)N2CCCC2)n1. The van der Waals surface area contributed by atoms with Gasteiger partial charge in [-0.2, -0.15) is 0 Å². The van der Waals surface area contributed by atoms with E-state index in [2.05, 4.69) is 58.0 Å². The summed E-state index contributed by atoms with van der Waals surface area (Å²) in [5.74, 6) is -0.383. The number of ether oxygens (including phenoxy) is 1. The van der Waals surface area contributed by atoms with Crippen LogP contribution in [0.5, 0.6) is 0 Å². The molecule has 4 heteroatoms. The predicted molar refractivity (Wildman–Crippen MR) is 109 cm³/mol. The van der Waals surface area contributed by atoms with Crippen molar-refractivity contribution in [1.82, 2.24) is 9.88 Å². The molecule has 140 valence electrons. The van der Waals surface area contributed by atoms with Crippen molar-refractivity contribution >= 4 is 18.1 Å². The van der Waals surface area contributed by atoms with E-state index in [9.17, 15) is 4.79 Å². The number of pyridine rings is 1. The van der Waals surface area contributed by atoms with E-state index >= 15 is 0 Å². The highest BCUT2D eigenvalue weighted by Gasteiger charge is 2.21. The first-order valence-electron chi connectivity index (χ1n) is 9.37. The maximum absolute atomic E-state index is 11.3. The zero-order valence-electron chi connectivity index (χ0n) is 16.0. The van der Waals surface area contributed by atoms with Crippen molar-refractivity contribution in [1.29, 1.82) is 0 Å². The number of nitrogens with zero attached hydrogens (tertiary/aromatic N) is 2. The smallest absolute Gasteiger partial charge is 0.330 e. The van der Waals surface area contributed by atoms with Crippen LogP contribution in [0.3, 0.4) is 0 Å². The van der Waals surface area contributed by atoms with Crippen LogP contribution in [0.4, 0.5) is 0 Å². The van der Waals surface area contributed by atoms with Crippen LogP contribution in [-0.2, 0) is 9.53 Å². The molecule has 4 nitrogen and oxygen atoms in total. The number of rotatable bonds is 6. The molecule has 1 aliphatic heterocycles. The zero-order chi connectivity index (χ0) is 19.1. The molecule has 0 aliphatic carbocycles. The number of aryl methyl sites for hydroxylation is 1. The Bertz CT molecular complexity index is 819. The standard InChI is InChI=1S/C23H26N2O2/c1-18-8-10-19(11-9-18)22(25-16-3-4-17-25)14-12-20-6-5-7-21(24-20)13-15-23(26)27-2/h5-15,22H,3-4,16-17H2,1-2H3/b14-12+,15-13+. The van der Waals surface area contributed by atoms with E-state index in [4.69, 9.17) is 0 Å². The molecule has 1 unspecified atom stereocenters. The van der Waals surface area contributed by atoms with Crippen molar-refractivity contribution in [3.05, 3.63) is 77.1 Å². The fraction of sp³-hybridized carbons (Fsp3) is 0.304. The average Bonchev–Trinajstić information content (AvgIpc) is 3.22. The quantitative estimate of drug-likeness (QED) is 0.563. The molecule has 0 bridgehead atoms. The van der Waals surface area contributed by atoms with Crippen LogP contribution in [-0.4, -0.2) is 36.1 Å². The second-order valence-electron chi connectivity index (χ2n) is 6.80. The summed E-state index contributed by atoms with van der Waals surface area (Å²) in [6, 6.07) is 14.8. The third-order valence-electron chi connectivity index (χ3n) is 4.79. The molecule has 1 atom stereocenters. The van der Waals surface area contributed by atoms with Gasteiger partial charge in [0.1, 0.15) is 0 Å². The van der Waals surface area contributed by atoms with E-state index in [0.29, 0.717) is 0 Å². The Balaban J connectivity index is 1.81. The lowest BCUT2D eigenvalue weighted by molar-refractivity contribution is -0.134. The Labute approximate surface area is 161 Å². The summed E-state index contributed by atoms with van der Waals surface area (Å²) in [6.07, 6.45) is 9.85. The van der Waals surface area contributed by atoms with E-state index < -0.39 is 0 Å². The van der Waals surface area contributed by atoms with Crippen LogP contribution < -0.4 is 0 Å². The number of hydrogen-bond donors (Lipinski definition) is 0. The topological polar surface area (TPSA) is 42.4 Å². The Morgan fingerprint density at radius 1 is 1.07 bits per heavy atom. The van der Waals surface area contributed by atoms with Crippen molar-refractivity contribution < 1.29 is 9.53 Å². The van der Waals surface area contributed by atoms with Gasteiger partial charge in [0.2, 0.25) is 0 Å². The minimum Gasteiger partial charge on any atom is -0.466 e. The fourth-order valence-corrected chi connectivity index (χ4v) is 3.29. The van der Waals surface area contributed by atoms with Crippen molar-refractivity contribution in [3.63, 3.8) is 0 Å². The summed E-state index contributed by atoms with van der Waals surface area (Å²) < 4.78 is 4.62. The predicted octanol–water partition coefficient (Wildman–Crippen LogP) is 4.43. The molecule has 1 aliphatic rings. The molecular formula is C23H26N2O2. The monoisotopic (exact) mass is 362 g/mol. The molecule has 0 radical (unpaired) electrons. The van der Waals surface area contributed by atoms with Gasteiger partial charge in [0.05, 0.1) is 24.5 Å². The highest BCUT2D eigenvalue weighted by Crippen LogP contribution is 2.27. The second-order valence-corrected chi connectivity index (χ2v) is 6.80. The summed E-state index contributed by atoms with van der Waals surface area (Å²) >= 11 is 0. The van der Waals surface area contributed by atoms with Crippen LogP contribution >= 0.6 is 0 Å². The van der Waals surface area contributed by atoms with Crippen LogP contribution in [0.15, 0.2) is 54.6 Å². The Kier molecular flexibility index (Phi) is 6.55. The number of aromatic nitrogens is 1. The molecule has 1 aromatic heterocycles. The van der Waals surface area contributed by atoms with Crippen LogP contribution in [0.25, 0.3) is 12.2 Å². The molecule has 0 spiro atoms. The Morgan fingerprint density at radius 2 is 1.74 bits per heavy atom. The number of methoxy groups -OCH3 is 1. The van der Waals surface area contributed by atoms with E-state index in [0.717, 1.165) is 24.5 Å². The first kappa shape index (κ1) is 19.1. The van der Waals surface area contributed by atoms with Crippen molar-refractivity contribution in [3.8, 4) is 0 Å². The number of esters is 1. The van der Waals surface area contributed by atoms with Gasteiger partial charge in [0.25, 0.3) is 0 Å². The first-order chi connectivity index (χ1) is 13.2. The Hall–Kier alpha value is -2.72. The van der Waals surface area contributed by atoms with Gasteiger partial charge in [0.15, 0.2) is 0 Å². The van der Waals surface area contributed by atoms with Gasteiger partial charge in [-0.1, -0.05) is 42.0 Å². The van der Waals surface area contributed by atoms with Crippen molar-refractivity contribution in [2.75, 3.05) is 20.2 Å². The minimum absolute atomic E-state index is 0.254.